The second kappa shape index (κ2) is 8.42. The summed E-state index contributed by atoms with van der Waals surface area (Å²) >= 11 is 0. The number of alkyl halides is 2. The Morgan fingerprint density at radius 2 is 1.82 bits per heavy atom. The van der Waals surface area contributed by atoms with Gasteiger partial charge in [-0.25, -0.2) is 8.78 Å². The molecule has 0 saturated carbocycles. The van der Waals surface area contributed by atoms with Gasteiger partial charge in [0, 0.05) is 30.5 Å². The third-order valence-electron chi connectivity index (χ3n) is 5.86. The molecule has 10 heteroatoms. The Morgan fingerprint density at radius 3 is 2.52 bits per heavy atom. The van der Waals surface area contributed by atoms with Crippen molar-refractivity contribution in [2.45, 2.75) is 44.2 Å². The van der Waals surface area contributed by atoms with Gasteiger partial charge >= 0.3 is 5.92 Å². The average molecular weight is 462 g/mol. The summed E-state index contributed by atoms with van der Waals surface area (Å²) in [6.45, 7) is 0.118. The molecule has 1 fully saturated rings. The molecule has 1 N–H and O–H groups in total. The minimum atomic E-state index is -3.98. The number of carbonyl (C=O) groups is 4. The molecule has 33 heavy (non-hydrogen) atoms. The van der Waals surface area contributed by atoms with Crippen LogP contribution in [-0.2, 0) is 33.3 Å². The summed E-state index contributed by atoms with van der Waals surface area (Å²) in [4.78, 5) is 49.6. The van der Waals surface area contributed by atoms with Gasteiger partial charge in [0.2, 0.25) is 17.6 Å². The minimum Gasteiger partial charge on any atom is -0.322 e. The normalized spacial score (nSPS) is 18.4. The number of fused-ring (bicyclic) bond motifs is 1. The SMILES string of the molecule is O=C1CCC(N2Cc3cc(CCC(=O)C(F)(F)c4ccc(F)c(F)c4)ccc3C2=O)C(=O)N1. The van der Waals surface area contributed by atoms with Crippen LogP contribution in [0.4, 0.5) is 17.6 Å². The monoisotopic (exact) mass is 462 g/mol. The largest absolute Gasteiger partial charge is 0.330 e. The van der Waals surface area contributed by atoms with E-state index in [0.29, 0.717) is 34.9 Å². The van der Waals surface area contributed by atoms with E-state index in [2.05, 4.69) is 5.32 Å². The van der Waals surface area contributed by atoms with Crippen LogP contribution in [0.5, 0.6) is 0 Å². The maximum absolute atomic E-state index is 14.4. The molecule has 0 aromatic heterocycles. The molecule has 4 rings (SSSR count). The maximum Gasteiger partial charge on any atom is 0.330 e. The molecule has 0 radical (unpaired) electrons. The van der Waals surface area contributed by atoms with Crippen molar-refractivity contribution in [1.82, 2.24) is 10.2 Å². The fourth-order valence-corrected chi connectivity index (χ4v) is 4.05. The van der Waals surface area contributed by atoms with Crippen molar-refractivity contribution in [3.63, 3.8) is 0 Å². The zero-order valence-electron chi connectivity index (χ0n) is 17.2. The number of ketones is 1. The lowest BCUT2D eigenvalue weighted by molar-refractivity contribution is -0.144. The number of halogens is 4. The third-order valence-corrected chi connectivity index (χ3v) is 5.86. The molecule has 1 unspecified atom stereocenters. The van der Waals surface area contributed by atoms with Gasteiger partial charge in [-0.2, -0.15) is 8.78 Å². The van der Waals surface area contributed by atoms with Gasteiger partial charge in [-0.1, -0.05) is 12.1 Å². The van der Waals surface area contributed by atoms with Crippen LogP contribution in [0.25, 0.3) is 0 Å². The summed E-state index contributed by atoms with van der Waals surface area (Å²) in [5, 5.41) is 2.21. The zero-order chi connectivity index (χ0) is 23.9. The summed E-state index contributed by atoms with van der Waals surface area (Å²) < 4.78 is 55.1. The zero-order valence-corrected chi connectivity index (χ0v) is 17.2. The van der Waals surface area contributed by atoms with Gasteiger partial charge < -0.3 is 4.90 Å². The lowest BCUT2D eigenvalue weighted by Crippen LogP contribution is -2.52. The topological polar surface area (TPSA) is 83.6 Å². The summed E-state index contributed by atoms with van der Waals surface area (Å²) in [6.07, 6.45) is -0.283. The number of amides is 3. The Morgan fingerprint density at radius 1 is 1.06 bits per heavy atom. The molecular weight excluding hydrogens is 444 g/mol. The van der Waals surface area contributed by atoms with Crippen molar-refractivity contribution < 1.29 is 36.7 Å². The molecule has 0 aliphatic carbocycles. The number of hydrogen-bond donors (Lipinski definition) is 1. The molecule has 2 aliphatic heterocycles. The van der Waals surface area contributed by atoms with Gasteiger partial charge in [-0.15, -0.1) is 0 Å². The van der Waals surface area contributed by atoms with E-state index in [1.54, 1.807) is 6.07 Å². The van der Waals surface area contributed by atoms with Gasteiger partial charge in [-0.3, -0.25) is 24.5 Å². The smallest absolute Gasteiger partial charge is 0.322 e. The molecule has 2 aromatic rings. The van der Waals surface area contributed by atoms with Gasteiger partial charge in [0.1, 0.15) is 6.04 Å². The minimum absolute atomic E-state index is 0.0576. The summed E-state index contributed by atoms with van der Waals surface area (Å²) in [7, 11) is 0. The van der Waals surface area contributed by atoms with E-state index >= 15 is 0 Å². The first-order chi connectivity index (χ1) is 15.6. The number of nitrogens with zero attached hydrogens (tertiary/aromatic N) is 1. The molecular formula is C23H18F4N2O4. The van der Waals surface area contributed by atoms with Crippen LogP contribution in [0.3, 0.4) is 0 Å². The number of aryl methyl sites for hydroxylation is 1. The van der Waals surface area contributed by atoms with E-state index in [-0.39, 0.29) is 31.7 Å². The number of hydrogen-bond acceptors (Lipinski definition) is 4. The molecule has 6 nitrogen and oxygen atoms in total. The first-order valence-electron chi connectivity index (χ1n) is 10.2. The number of rotatable bonds is 6. The quantitative estimate of drug-likeness (QED) is 0.529. The lowest BCUT2D eigenvalue weighted by atomic mass is 9.97. The number of carbonyl (C=O) groups excluding carboxylic acids is 4. The summed E-state index contributed by atoms with van der Waals surface area (Å²) in [5.41, 5.74) is 0.552. The van der Waals surface area contributed by atoms with Crippen LogP contribution in [0.1, 0.15) is 46.3 Å². The fourth-order valence-electron chi connectivity index (χ4n) is 4.05. The van der Waals surface area contributed by atoms with E-state index in [9.17, 15) is 36.7 Å². The molecule has 0 spiro atoms. The number of piperidine rings is 1. The van der Waals surface area contributed by atoms with Crippen LogP contribution in [0.15, 0.2) is 36.4 Å². The van der Waals surface area contributed by atoms with Crippen molar-refractivity contribution in [3.05, 3.63) is 70.3 Å². The second-order valence-corrected chi connectivity index (χ2v) is 8.02. The van der Waals surface area contributed by atoms with Crippen LogP contribution in [0, 0.1) is 11.6 Å². The molecule has 172 valence electrons. The van der Waals surface area contributed by atoms with Gasteiger partial charge in [-0.05, 0) is 48.2 Å². The number of imide groups is 1. The van der Waals surface area contributed by atoms with Crippen LogP contribution in [0.2, 0.25) is 0 Å². The molecule has 2 aromatic carbocycles. The Hall–Kier alpha value is -3.56. The van der Waals surface area contributed by atoms with Crippen LogP contribution < -0.4 is 5.32 Å². The van der Waals surface area contributed by atoms with Crippen molar-refractivity contribution in [3.8, 4) is 0 Å². The molecule has 0 bridgehead atoms. The van der Waals surface area contributed by atoms with Gasteiger partial charge in [0.15, 0.2) is 11.6 Å². The van der Waals surface area contributed by atoms with E-state index in [1.807, 2.05) is 0 Å². The van der Waals surface area contributed by atoms with Crippen LogP contribution in [-0.4, -0.2) is 34.4 Å². The predicted molar refractivity (Wildman–Crippen MR) is 106 cm³/mol. The maximum atomic E-state index is 14.4. The Balaban J connectivity index is 1.44. The van der Waals surface area contributed by atoms with Gasteiger partial charge in [0.25, 0.3) is 5.91 Å². The second-order valence-electron chi connectivity index (χ2n) is 8.02. The van der Waals surface area contributed by atoms with Gasteiger partial charge in [0.05, 0.1) is 0 Å². The average Bonchev–Trinajstić information content (AvgIpc) is 3.09. The Kier molecular flexibility index (Phi) is 5.77. The first-order valence-corrected chi connectivity index (χ1v) is 10.2. The van der Waals surface area contributed by atoms with Crippen molar-refractivity contribution >= 4 is 23.5 Å². The standard InChI is InChI=1S/C23H18F4N2O4/c24-16-5-3-14(10-17(16)25)23(26,27)19(30)7-2-12-1-4-15-13(9-12)11-29(22(15)33)18-6-8-20(31)28-21(18)32/h1,3-5,9-10,18H,2,6-8,11H2,(H,28,31,32). The molecule has 2 heterocycles. The summed E-state index contributed by atoms with van der Waals surface area (Å²) in [6, 6.07) is 5.39. The highest BCUT2D eigenvalue weighted by atomic mass is 19.3. The number of nitrogens with one attached hydrogen (secondary N) is 1. The molecule has 1 saturated heterocycles. The number of benzene rings is 2. The predicted octanol–water partition coefficient (Wildman–Crippen LogP) is 3.02. The Bertz CT molecular complexity index is 1180. The first kappa shape index (κ1) is 22.6. The number of Topliss-reactive ketones (excluding diaryl/α,β-unsaturated/α-hetero) is 1. The fraction of sp³-hybridized carbons (Fsp3) is 0.304. The highest BCUT2D eigenvalue weighted by molar-refractivity contribution is 6.05. The lowest BCUT2D eigenvalue weighted by Gasteiger charge is -2.29. The highest BCUT2D eigenvalue weighted by Gasteiger charge is 2.41. The molecule has 2 aliphatic rings. The van der Waals surface area contributed by atoms with E-state index in [1.165, 1.54) is 17.0 Å². The van der Waals surface area contributed by atoms with Crippen molar-refractivity contribution in [2.75, 3.05) is 0 Å². The van der Waals surface area contributed by atoms with Crippen LogP contribution >= 0.6 is 0 Å². The van der Waals surface area contributed by atoms with E-state index in [0.717, 1.165) is 0 Å². The van der Waals surface area contributed by atoms with E-state index in [4.69, 9.17) is 0 Å². The Labute approximate surface area is 185 Å². The van der Waals surface area contributed by atoms with Crippen molar-refractivity contribution in [2.24, 2.45) is 0 Å². The molecule has 3 amide bonds. The third kappa shape index (κ3) is 4.24. The summed E-state index contributed by atoms with van der Waals surface area (Å²) in [5.74, 6) is -9.50. The molecule has 1 atom stereocenters. The van der Waals surface area contributed by atoms with Crippen molar-refractivity contribution in [1.29, 1.82) is 0 Å². The van der Waals surface area contributed by atoms with E-state index < -0.39 is 53.2 Å². The highest BCUT2D eigenvalue weighted by Crippen LogP contribution is 2.32.